The Hall–Kier alpha value is -6.99. The first-order valence-electron chi connectivity index (χ1n) is 19.8. The fraction of sp³-hybridized carbons (Fsp3) is 0. The summed E-state index contributed by atoms with van der Waals surface area (Å²) in [7, 11) is -6.41. The predicted molar refractivity (Wildman–Crippen MR) is 247 cm³/mol. The van der Waals surface area contributed by atoms with Crippen molar-refractivity contribution in [3.63, 3.8) is 0 Å². The second kappa shape index (κ2) is 16.6. The summed E-state index contributed by atoms with van der Waals surface area (Å²) >= 11 is 0. The van der Waals surface area contributed by atoms with Crippen LogP contribution in [0, 0.1) is 0 Å². The van der Waals surface area contributed by atoms with Gasteiger partial charge in [0.05, 0.1) is 0 Å². The summed E-state index contributed by atoms with van der Waals surface area (Å²) in [6, 6.07) is 90.3. The van der Waals surface area contributed by atoms with E-state index in [0.29, 0.717) is 0 Å². The van der Waals surface area contributed by atoms with E-state index >= 15 is 0 Å². The molecule has 0 unspecified atom stereocenters. The largest absolute Gasteiger partial charge is 0.530 e. The molecule has 0 fully saturated rings. The van der Waals surface area contributed by atoms with E-state index in [1.54, 1.807) is 0 Å². The average molecular weight is 779 g/mol. The Morgan fingerprint density at radius 2 is 0.414 bits per heavy atom. The van der Waals surface area contributed by atoms with E-state index in [-0.39, 0.29) is 0 Å². The van der Waals surface area contributed by atoms with Crippen LogP contribution in [0.25, 0.3) is 22.3 Å². The lowest BCUT2D eigenvalue weighted by Gasteiger charge is -2.36. The highest BCUT2D eigenvalue weighted by atomic mass is 28.4. The Bertz CT molecular complexity index is 2300. The van der Waals surface area contributed by atoms with Crippen LogP contribution in [0.5, 0.6) is 11.5 Å². The third-order valence-corrected chi connectivity index (χ3v) is 18.8. The van der Waals surface area contributed by atoms with E-state index in [1.807, 2.05) is 0 Å². The van der Waals surface area contributed by atoms with Gasteiger partial charge in [-0.05, 0) is 54.4 Å². The zero-order valence-electron chi connectivity index (χ0n) is 32.1. The minimum Gasteiger partial charge on any atom is -0.530 e. The second-order valence-corrected chi connectivity index (χ2v) is 20.9. The van der Waals surface area contributed by atoms with Gasteiger partial charge >= 0.3 is 16.6 Å². The quantitative estimate of drug-likeness (QED) is 0.0911. The highest BCUT2D eigenvalue weighted by molar-refractivity contribution is 7.08. The minimum absolute atomic E-state index is 0.798. The maximum atomic E-state index is 7.94. The maximum absolute atomic E-state index is 7.94. The number of hydrogen-bond acceptors (Lipinski definition) is 2. The Labute approximate surface area is 343 Å². The van der Waals surface area contributed by atoms with Gasteiger partial charge in [-0.2, -0.15) is 0 Å². The van der Waals surface area contributed by atoms with Crippen molar-refractivity contribution in [3.8, 4) is 33.8 Å². The molecule has 0 saturated carbocycles. The third-order valence-electron chi connectivity index (χ3n) is 10.9. The molecule has 9 rings (SSSR count). The van der Waals surface area contributed by atoms with E-state index in [9.17, 15) is 0 Å². The molecule has 9 aromatic rings. The van der Waals surface area contributed by atoms with E-state index in [1.165, 1.54) is 0 Å². The first-order chi connectivity index (χ1) is 28.8. The van der Waals surface area contributed by atoms with Crippen molar-refractivity contribution >= 4 is 47.8 Å². The number of benzene rings is 9. The molecule has 0 N–H and O–H groups in total. The lowest BCUT2D eigenvalue weighted by atomic mass is 9.98. The third kappa shape index (κ3) is 7.00. The fourth-order valence-corrected chi connectivity index (χ4v) is 15.8. The zero-order valence-corrected chi connectivity index (χ0v) is 34.1. The van der Waals surface area contributed by atoms with Gasteiger partial charge in [-0.25, -0.2) is 0 Å². The molecular formula is C54H42O2Si2. The minimum atomic E-state index is -3.21. The molecule has 4 heteroatoms. The van der Waals surface area contributed by atoms with Gasteiger partial charge in [0.2, 0.25) is 0 Å². The second-order valence-electron chi connectivity index (χ2n) is 14.3. The summed E-state index contributed by atoms with van der Waals surface area (Å²) in [6.07, 6.45) is 0. The fourth-order valence-electron chi connectivity index (χ4n) is 8.14. The molecule has 0 aliphatic carbocycles. The van der Waals surface area contributed by atoms with Crippen LogP contribution in [-0.4, -0.2) is 16.6 Å². The van der Waals surface area contributed by atoms with Crippen LogP contribution in [-0.2, 0) is 0 Å². The molecule has 0 amide bonds. The van der Waals surface area contributed by atoms with E-state index in [4.69, 9.17) is 8.85 Å². The summed E-state index contributed by atoms with van der Waals surface area (Å²) in [5, 5.41) is 6.98. The Kier molecular flexibility index (Phi) is 10.5. The maximum Gasteiger partial charge on any atom is 0.346 e. The molecule has 278 valence electrons. The molecule has 0 saturated heterocycles. The summed E-state index contributed by atoms with van der Waals surface area (Å²) < 4.78 is 15.9. The van der Waals surface area contributed by atoms with Crippen molar-refractivity contribution < 1.29 is 8.85 Å². The molecule has 0 radical (unpaired) electrons. The predicted octanol–water partition coefficient (Wildman–Crippen LogP) is 9.11. The SMILES string of the molecule is c1ccc(-c2cc(O[Si](c3ccccc3)(c3ccccc3)c3ccccc3)c(-c3ccccc3)cc2O[Si](c2ccccc2)(c2ccccc2)c2ccccc2)cc1. The molecule has 0 aromatic heterocycles. The van der Waals surface area contributed by atoms with Crippen molar-refractivity contribution in [2.45, 2.75) is 0 Å². The summed E-state index contributed by atoms with van der Waals surface area (Å²) in [5.74, 6) is 1.60. The summed E-state index contributed by atoms with van der Waals surface area (Å²) in [5.41, 5.74) is 4.02. The molecule has 0 aliphatic rings. The van der Waals surface area contributed by atoms with Crippen LogP contribution < -0.4 is 40.0 Å². The van der Waals surface area contributed by atoms with Gasteiger partial charge in [0.25, 0.3) is 0 Å². The Morgan fingerprint density at radius 1 is 0.224 bits per heavy atom. The standard InChI is InChI=1S/C54H42O2Si2/c1-9-25-43(26-10-1)51-41-54(56-58(48-35-19-6-20-36-48,49-37-21-7-22-38-49)50-39-23-8-24-40-50)52(44-27-11-2-12-28-44)42-53(51)55-57(45-29-13-3-14-30-45,46-31-15-4-16-32-46)47-33-17-5-18-34-47/h1-42H. The monoisotopic (exact) mass is 778 g/mol. The topological polar surface area (TPSA) is 18.5 Å². The zero-order chi connectivity index (χ0) is 39.0. The van der Waals surface area contributed by atoms with E-state index in [0.717, 1.165) is 64.9 Å². The Morgan fingerprint density at radius 3 is 0.621 bits per heavy atom. The molecule has 0 atom stereocenters. The van der Waals surface area contributed by atoms with Crippen molar-refractivity contribution in [1.82, 2.24) is 0 Å². The van der Waals surface area contributed by atoms with Gasteiger partial charge in [-0.15, -0.1) is 0 Å². The van der Waals surface area contributed by atoms with Crippen LogP contribution in [0.2, 0.25) is 0 Å². The summed E-state index contributed by atoms with van der Waals surface area (Å²) in [6.45, 7) is 0. The first-order valence-corrected chi connectivity index (χ1v) is 23.6. The Balaban J connectivity index is 1.36. The number of rotatable bonds is 12. The summed E-state index contributed by atoms with van der Waals surface area (Å²) in [4.78, 5) is 0. The molecule has 0 bridgehead atoms. The van der Waals surface area contributed by atoms with Crippen molar-refractivity contribution in [2.75, 3.05) is 0 Å². The highest BCUT2D eigenvalue weighted by Crippen LogP contribution is 2.43. The van der Waals surface area contributed by atoms with Crippen LogP contribution in [0.4, 0.5) is 0 Å². The van der Waals surface area contributed by atoms with Gasteiger partial charge in [-0.1, -0.05) is 243 Å². The van der Waals surface area contributed by atoms with Crippen molar-refractivity contribution in [3.05, 3.63) is 255 Å². The van der Waals surface area contributed by atoms with Crippen LogP contribution >= 0.6 is 0 Å². The van der Waals surface area contributed by atoms with E-state index in [2.05, 4.69) is 255 Å². The lowest BCUT2D eigenvalue weighted by Crippen LogP contribution is -2.71. The van der Waals surface area contributed by atoms with Crippen molar-refractivity contribution in [1.29, 1.82) is 0 Å². The van der Waals surface area contributed by atoms with Crippen LogP contribution in [0.3, 0.4) is 0 Å². The normalized spacial score (nSPS) is 11.4. The molecule has 2 nitrogen and oxygen atoms in total. The molecule has 0 heterocycles. The molecule has 9 aromatic carbocycles. The van der Waals surface area contributed by atoms with Gasteiger partial charge in [-0.3, -0.25) is 0 Å². The number of hydrogen-bond donors (Lipinski definition) is 0. The molecule has 0 spiro atoms. The highest BCUT2D eigenvalue weighted by Gasteiger charge is 2.46. The average Bonchev–Trinajstić information content (AvgIpc) is 3.32. The van der Waals surface area contributed by atoms with Gasteiger partial charge in [0, 0.05) is 11.1 Å². The first kappa shape index (κ1) is 36.6. The lowest BCUT2D eigenvalue weighted by molar-refractivity contribution is 0.564. The molecule has 58 heavy (non-hydrogen) atoms. The van der Waals surface area contributed by atoms with Crippen LogP contribution in [0.15, 0.2) is 255 Å². The van der Waals surface area contributed by atoms with Crippen LogP contribution in [0.1, 0.15) is 0 Å². The van der Waals surface area contributed by atoms with Gasteiger partial charge in [0.15, 0.2) is 0 Å². The van der Waals surface area contributed by atoms with E-state index < -0.39 is 16.6 Å². The molecular weight excluding hydrogens is 737 g/mol. The molecule has 0 aliphatic heterocycles. The van der Waals surface area contributed by atoms with Gasteiger partial charge in [0.1, 0.15) is 11.5 Å². The van der Waals surface area contributed by atoms with Gasteiger partial charge < -0.3 is 8.85 Å². The smallest absolute Gasteiger partial charge is 0.346 e. The van der Waals surface area contributed by atoms with Crippen molar-refractivity contribution in [2.24, 2.45) is 0 Å².